The normalized spacial score (nSPS) is 10.1. The summed E-state index contributed by atoms with van der Waals surface area (Å²) in [7, 11) is 0. The lowest BCUT2D eigenvalue weighted by Gasteiger charge is -1.99. The van der Waals surface area contributed by atoms with Crippen LogP contribution in [0.3, 0.4) is 0 Å². The van der Waals surface area contributed by atoms with Crippen molar-refractivity contribution < 1.29 is 4.42 Å². The van der Waals surface area contributed by atoms with Crippen molar-refractivity contribution in [1.82, 2.24) is 9.97 Å². The number of nitrogens with one attached hydrogen (secondary N) is 1. The molecule has 0 fully saturated rings. The van der Waals surface area contributed by atoms with Gasteiger partial charge in [-0.05, 0) is 23.9 Å². The monoisotopic (exact) mass is 220 g/mol. The molecule has 0 aromatic carbocycles. The Morgan fingerprint density at radius 3 is 2.93 bits per heavy atom. The number of amidine groups is 1. The number of rotatable bonds is 3. The van der Waals surface area contributed by atoms with Gasteiger partial charge in [0.2, 0.25) is 0 Å². The van der Waals surface area contributed by atoms with E-state index in [2.05, 4.69) is 9.97 Å². The first-order chi connectivity index (χ1) is 7.25. The molecule has 0 aliphatic rings. The molecular weight excluding hydrogens is 212 g/mol. The first-order valence-electron chi connectivity index (χ1n) is 4.13. The molecule has 3 N–H and O–H groups in total. The first-order valence-corrected chi connectivity index (χ1v) is 4.95. The number of hydrogen-bond donors (Lipinski definition) is 2. The minimum absolute atomic E-state index is 0.0511. The number of pyridine rings is 1. The molecule has 0 unspecified atom stereocenters. The molecule has 15 heavy (non-hydrogen) atoms. The lowest BCUT2D eigenvalue weighted by molar-refractivity contribution is 0.454. The van der Waals surface area contributed by atoms with Crippen LogP contribution in [0, 0.1) is 5.41 Å². The molecule has 0 atom stereocenters. The van der Waals surface area contributed by atoms with Crippen LogP contribution in [0.25, 0.3) is 0 Å². The molecule has 0 radical (unpaired) electrons. The predicted octanol–water partition coefficient (Wildman–Crippen LogP) is 1.50. The van der Waals surface area contributed by atoms with Gasteiger partial charge in [0, 0.05) is 11.1 Å². The van der Waals surface area contributed by atoms with Crippen LogP contribution in [0.4, 0.5) is 0 Å². The van der Waals surface area contributed by atoms with Gasteiger partial charge in [-0.1, -0.05) is 0 Å². The lowest BCUT2D eigenvalue weighted by Crippen LogP contribution is -2.12. The molecule has 0 amide bonds. The lowest BCUT2D eigenvalue weighted by atomic mass is 10.3. The Bertz CT molecular complexity index is 469. The van der Waals surface area contributed by atoms with Crippen molar-refractivity contribution >= 4 is 17.6 Å². The summed E-state index contributed by atoms with van der Waals surface area (Å²) in [6, 6.07) is 3.53. The predicted molar refractivity (Wildman–Crippen MR) is 55.9 cm³/mol. The maximum absolute atomic E-state index is 7.25. The summed E-state index contributed by atoms with van der Waals surface area (Å²) in [5.74, 6) is -0.0511. The quantitative estimate of drug-likeness (QED) is 0.604. The van der Waals surface area contributed by atoms with Gasteiger partial charge in [-0.2, -0.15) is 0 Å². The highest BCUT2D eigenvalue weighted by atomic mass is 32.2. The third kappa shape index (κ3) is 2.35. The van der Waals surface area contributed by atoms with Crippen LogP contribution in [-0.4, -0.2) is 15.8 Å². The summed E-state index contributed by atoms with van der Waals surface area (Å²) in [6.45, 7) is 0. The van der Waals surface area contributed by atoms with E-state index in [0.717, 1.165) is 4.90 Å². The zero-order valence-electron chi connectivity index (χ0n) is 7.68. The van der Waals surface area contributed by atoms with Gasteiger partial charge in [0.1, 0.15) is 17.8 Å². The van der Waals surface area contributed by atoms with Gasteiger partial charge in [0.05, 0.1) is 6.20 Å². The van der Waals surface area contributed by atoms with Crippen LogP contribution in [0.2, 0.25) is 0 Å². The van der Waals surface area contributed by atoms with Crippen LogP contribution in [0.5, 0.6) is 0 Å². The second kappa shape index (κ2) is 4.14. The van der Waals surface area contributed by atoms with E-state index >= 15 is 0 Å². The zero-order chi connectivity index (χ0) is 10.7. The standard InChI is InChI=1S/C9H8N4OS/c10-8(11)7-5-6(1-2-12-7)15-9-13-3-4-14-9/h1-5H,(H3,10,11). The van der Waals surface area contributed by atoms with Crippen LogP contribution >= 0.6 is 11.8 Å². The zero-order valence-corrected chi connectivity index (χ0v) is 8.49. The van der Waals surface area contributed by atoms with Crippen molar-refractivity contribution in [3.8, 4) is 0 Å². The summed E-state index contributed by atoms with van der Waals surface area (Å²) in [4.78, 5) is 8.82. The molecule has 2 aromatic rings. The third-order valence-corrected chi connectivity index (χ3v) is 2.49. The highest BCUT2D eigenvalue weighted by molar-refractivity contribution is 7.99. The molecule has 0 spiro atoms. The van der Waals surface area contributed by atoms with Gasteiger partial charge in [0.25, 0.3) is 5.22 Å². The topological polar surface area (TPSA) is 88.8 Å². The SMILES string of the molecule is N=C(N)c1cc(Sc2ncco2)ccn1. The highest BCUT2D eigenvalue weighted by Crippen LogP contribution is 2.25. The van der Waals surface area contributed by atoms with Crippen LogP contribution in [0.1, 0.15) is 5.69 Å². The van der Waals surface area contributed by atoms with Crippen LogP contribution in [0.15, 0.2) is 45.3 Å². The summed E-state index contributed by atoms with van der Waals surface area (Å²) >= 11 is 1.36. The molecule has 0 aliphatic heterocycles. The number of nitrogens with two attached hydrogens (primary N) is 1. The summed E-state index contributed by atoms with van der Waals surface area (Å²) < 4.78 is 5.08. The average molecular weight is 220 g/mol. The minimum atomic E-state index is -0.0511. The molecular formula is C9H8N4OS. The van der Waals surface area contributed by atoms with Crippen molar-refractivity contribution in [2.75, 3.05) is 0 Å². The Labute approximate surface area is 90.2 Å². The van der Waals surface area contributed by atoms with Crippen molar-refractivity contribution in [1.29, 1.82) is 5.41 Å². The van der Waals surface area contributed by atoms with Gasteiger partial charge in [0.15, 0.2) is 0 Å². The van der Waals surface area contributed by atoms with Crippen LogP contribution in [-0.2, 0) is 0 Å². The average Bonchev–Trinajstić information content (AvgIpc) is 2.71. The number of nitrogens with zero attached hydrogens (tertiary/aromatic N) is 2. The third-order valence-electron chi connectivity index (χ3n) is 1.62. The van der Waals surface area contributed by atoms with Gasteiger partial charge in [-0.25, -0.2) is 4.98 Å². The Morgan fingerprint density at radius 2 is 2.27 bits per heavy atom. The van der Waals surface area contributed by atoms with Gasteiger partial charge < -0.3 is 10.2 Å². The van der Waals surface area contributed by atoms with E-state index < -0.39 is 0 Å². The molecule has 0 bridgehead atoms. The van der Waals surface area contributed by atoms with Gasteiger partial charge in [-0.3, -0.25) is 10.4 Å². The van der Waals surface area contributed by atoms with Crippen LogP contribution < -0.4 is 5.73 Å². The largest absolute Gasteiger partial charge is 0.440 e. The van der Waals surface area contributed by atoms with E-state index in [1.807, 2.05) is 0 Å². The second-order valence-electron chi connectivity index (χ2n) is 2.69. The molecule has 76 valence electrons. The molecule has 0 aliphatic carbocycles. The van der Waals surface area contributed by atoms with Gasteiger partial charge >= 0.3 is 0 Å². The van der Waals surface area contributed by atoms with Crippen molar-refractivity contribution in [3.05, 3.63) is 36.5 Å². The molecule has 2 rings (SSSR count). The molecule has 2 heterocycles. The Hall–Kier alpha value is -1.82. The molecule has 0 saturated carbocycles. The minimum Gasteiger partial charge on any atom is -0.440 e. The number of aromatic nitrogens is 2. The summed E-state index contributed by atoms with van der Waals surface area (Å²) in [5.41, 5.74) is 5.78. The fraction of sp³-hybridized carbons (Fsp3) is 0. The number of oxazole rings is 1. The van der Waals surface area contributed by atoms with Gasteiger partial charge in [-0.15, -0.1) is 0 Å². The Balaban J connectivity index is 2.22. The summed E-state index contributed by atoms with van der Waals surface area (Å²) in [5, 5.41) is 7.80. The van der Waals surface area contributed by atoms with Crippen molar-refractivity contribution in [2.24, 2.45) is 5.73 Å². The first kappa shape index (κ1) is 9.72. The molecule has 0 saturated heterocycles. The van der Waals surface area contributed by atoms with E-state index in [-0.39, 0.29) is 5.84 Å². The highest BCUT2D eigenvalue weighted by Gasteiger charge is 2.04. The van der Waals surface area contributed by atoms with Crippen molar-refractivity contribution in [2.45, 2.75) is 10.1 Å². The smallest absolute Gasteiger partial charge is 0.260 e. The summed E-state index contributed by atoms with van der Waals surface area (Å²) in [6.07, 6.45) is 4.69. The van der Waals surface area contributed by atoms with E-state index in [0.29, 0.717) is 10.9 Å². The molecule has 5 nitrogen and oxygen atoms in total. The number of hydrogen-bond acceptors (Lipinski definition) is 5. The maximum atomic E-state index is 7.25. The van der Waals surface area contributed by atoms with E-state index in [1.165, 1.54) is 18.0 Å². The van der Waals surface area contributed by atoms with E-state index in [1.54, 1.807) is 24.5 Å². The van der Waals surface area contributed by atoms with Crippen molar-refractivity contribution in [3.63, 3.8) is 0 Å². The fourth-order valence-electron chi connectivity index (χ4n) is 0.984. The number of nitrogen functional groups attached to an aromatic ring is 1. The molecule has 6 heteroatoms. The van der Waals surface area contributed by atoms with E-state index in [9.17, 15) is 0 Å². The Morgan fingerprint density at radius 1 is 1.40 bits per heavy atom. The second-order valence-corrected chi connectivity index (χ2v) is 3.72. The molecule has 2 aromatic heterocycles. The maximum Gasteiger partial charge on any atom is 0.260 e. The Kier molecular flexibility index (Phi) is 2.68. The van der Waals surface area contributed by atoms with E-state index in [4.69, 9.17) is 15.6 Å². The fourth-order valence-corrected chi connectivity index (χ4v) is 1.70.